The number of carbonyl (C=O) groups excluding carboxylic acids is 1. The molecular weight excluding hydrogens is 232 g/mol. The third-order valence-electron chi connectivity index (χ3n) is 2.46. The van der Waals surface area contributed by atoms with Crippen molar-refractivity contribution in [1.82, 2.24) is 10.2 Å². The van der Waals surface area contributed by atoms with E-state index in [1.807, 2.05) is 24.3 Å². The van der Waals surface area contributed by atoms with Crippen LogP contribution in [0.3, 0.4) is 0 Å². The fourth-order valence-electron chi connectivity index (χ4n) is 1.64. The number of benzene rings is 1. The van der Waals surface area contributed by atoms with Crippen molar-refractivity contribution in [3.05, 3.63) is 36.0 Å². The first-order valence-electron chi connectivity index (χ1n) is 5.62. The van der Waals surface area contributed by atoms with Gasteiger partial charge in [0.25, 0.3) is 0 Å². The molecule has 94 valence electrons. The fourth-order valence-corrected chi connectivity index (χ4v) is 1.64. The zero-order valence-electron chi connectivity index (χ0n) is 10.3. The Morgan fingerprint density at radius 3 is 2.89 bits per heavy atom. The zero-order valence-corrected chi connectivity index (χ0v) is 10.3. The number of aromatic nitrogens is 2. The van der Waals surface area contributed by atoms with Crippen LogP contribution in [-0.4, -0.2) is 29.9 Å². The number of hydrogen-bond acceptors (Lipinski definition) is 4. The molecule has 0 saturated carbocycles. The van der Waals surface area contributed by atoms with Gasteiger partial charge in [0.05, 0.1) is 19.4 Å². The van der Waals surface area contributed by atoms with E-state index in [-0.39, 0.29) is 5.69 Å². The van der Waals surface area contributed by atoms with Crippen LogP contribution in [0, 0.1) is 0 Å². The van der Waals surface area contributed by atoms with Crippen molar-refractivity contribution in [1.29, 1.82) is 0 Å². The monoisotopic (exact) mass is 246 g/mol. The van der Waals surface area contributed by atoms with Crippen molar-refractivity contribution in [3.8, 4) is 17.0 Å². The van der Waals surface area contributed by atoms with E-state index in [2.05, 4.69) is 10.2 Å². The highest BCUT2D eigenvalue weighted by Gasteiger charge is 2.14. The van der Waals surface area contributed by atoms with E-state index < -0.39 is 5.97 Å². The largest absolute Gasteiger partial charge is 0.496 e. The molecule has 0 radical (unpaired) electrons. The van der Waals surface area contributed by atoms with Crippen LogP contribution in [0.5, 0.6) is 5.75 Å². The van der Waals surface area contributed by atoms with E-state index in [0.717, 1.165) is 17.0 Å². The Balaban J connectivity index is 2.32. The summed E-state index contributed by atoms with van der Waals surface area (Å²) < 4.78 is 10.1. The second kappa shape index (κ2) is 5.35. The smallest absolute Gasteiger partial charge is 0.358 e. The molecule has 5 nitrogen and oxygen atoms in total. The first-order chi connectivity index (χ1) is 8.76. The Kier molecular flexibility index (Phi) is 3.62. The van der Waals surface area contributed by atoms with Gasteiger partial charge in [0.2, 0.25) is 0 Å². The van der Waals surface area contributed by atoms with Crippen LogP contribution in [0.4, 0.5) is 0 Å². The summed E-state index contributed by atoms with van der Waals surface area (Å²) in [5.74, 6) is 0.284. The molecule has 0 spiro atoms. The van der Waals surface area contributed by atoms with Crippen molar-refractivity contribution in [2.45, 2.75) is 6.92 Å². The molecule has 0 atom stereocenters. The minimum absolute atomic E-state index is 0.262. The number of methoxy groups -OCH3 is 1. The molecule has 0 fully saturated rings. The maximum atomic E-state index is 11.5. The molecule has 0 aliphatic heterocycles. The highest BCUT2D eigenvalue weighted by molar-refractivity contribution is 5.88. The van der Waals surface area contributed by atoms with Crippen molar-refractivity contribution < 1.29 is 14.3 Å². The van der Waals surface area contributed by atoms with Gasteiger partial charge >= 0.3 is 5.97 Å². The third kappa shape index (κ3) is 2.34. The molecule has 2 aromatic rings. The van der Waals surface area contributed by atoms with Gasteiger partial charge in [-0.25, -0.2) is 4.79 Å². The highest BCUT2D eigenvalue weighted by Crippen LogP contribution is 2.28. The van der Waals surface area contributed by atoms with Crippen LogP contribution >= 0.6 is 0 Å². The van der Waals surface area contributed by atoms with Gasteiger partial charge in [0, 0.05) is 5.56 Å². The average molecular weight is 246 g/mol. The Morgan fingerprint density at radius 2 is 2.17 bits per heavy atom. The average Bonchev–Trinajstić information content (AvgIpc) is 2.88. The van der Waals surface area contributed by atoms with E-state index in [4.69, 9.17) is 9.47 Å². The number of hydrogen-bond donors (Lipinski definition) is 1. The summed E-state index contributed by atoms with van der Waals surface area (Å²) in [6, 6.07) is 9.16. The van der Waals surface area contributed by atoms with Gasteiger partial charge in [-0.1, -0.05) is 12.1 Å². The Morgan fingerprint density at radius 1 is 1.39 bits per heavy atom. The number of rotatable bonds is 4. The molecule has 0 amide bonds. The molecule has 0 saturated heterocycles. The Hall–Kier alpha value is -2.30. The van der Waals surface area contributed by atoms with Crippen molar-refractivity contribution in [2.24, 2.45) is 0 Å². The zero-order chi connectivity index (χ0) is 13.0. The second-order valence-electron chi connectivity index (χ2n) is 3.59. The molecular formula is C13H14N2O3. The maximum absolute atomic E-state index is 11.5. The van der Waals surface area contributed by atoms with E-state index in [9.17, 15) is 4.79 Å². The Labute approximate surface area is 105 Å². The molecule has 1 heterocycles. The minimum atomic E-state index is -0.435. The minimum Gasteiger partial charge on any atom is -0.496 e. The second-order valence-corrected chi connectivity index (χ2v) is 3.59. The summed E-state index contributed by atoms with van der Waals surface area (Å²) in [5.41, 5.74) is 1.83. The van der Waals surface area contributed by atoms with Gasteiger partial charge in [-0.05, 0) is 25.1 Å². The van der Waals surface area contributed by atoms with Crippen LogP contribution in [0.15, 0.2) is 30.3 Å². The molecule has 0 unspecified atom stereocenters. The molecule has 5 heteroatoms. The molecule has 0 aliphatic carbocycles. The van der Waals surface area contributed by atoms with Gasteiger partial charge in [-0.15, -0.1) is 0 Å². The molecule has 1 aromatic heterocycles. The van der Waals surface area contributed by atoms with Gasteiger partial charge in [0.15, 0.2) is 5.69 Å². The predicted octanol–water partition coefficient (Wildman–Crippen LogP) is 2.26. The number of esters is 1. The summed E-state index contributed by atoms with van der Waals surface area (Å²) >= 11 is 0. The summed E-state index contributed by atoms with van der Waals surface area (Å²) in [6.07, 6.45) is 0. The van der Waals surface area contributed by atoms with Crippen molar-refractivity contribution in [2.75, 3.05) is 13.7 Å². The van der Waals surface area contributed by atoms with Crippen LogP contribution in [-0.2, 0) is 4.74 Å². The van der Waals surface area contributed by atoms with Crippen LogP contribution < -0.4 is 4.74 Å². The summed E-state index contributed by atoms with van der Waals surface area (Å²) in [4.78, 5) is 11.5. The molecule has 2 rings (SSSR count). The van der Waals surface area contributed by atoms with Crippen molar-refractivity contribution >= 4 is 5.97 Å². The predicted molar refractivity (Wildman–Crippen MR) is 66.5 cm³/mol. The van der Waals surface area contributed by atoms with Crippen LogP contribution in [0.25, 0.3) is 11.3 Å². The molecule has 0 bridgehead atoms. The number of para-hydroxylation sites is 1. The van der Waals surface area contributed by atoms with Gasteiger partial charge in [-0.2, -0.15) is 5.10 Å². The van der Waals surface area contributed by atoms with Crippen molar-refractivity contribution in [3.63, 3.8) is 0 Å². The molecule has 1 N–H and O–H groups in total. The van der Waals surface area contributed by atoms with Gasteiger partial charge in [0.1, 0.15) is 5.75 Å². The topological polar surface area (TPSA) is 64.2 Å². The first kappa shape index (κ1) is 12.2. The maximum Gasteiger partial charge on any atom is 0.358 e. The first-order valence-corrected chi connectivity index (χ1v) is 5.62. The molecule has 18 heavy (non-hydrogen) atoms. The van der Waals surface area contributed by atoms with Gasteiger partial charge in [-0.3, -0.25) is 5.10 Å². The van der Waals surface area contributed by atoms with E-state index in [0.29, 0.717) is 6.61 Å². The van der Waals surface area contributed by atoms with E-state index in [1.54, 1.807) is 20.1 Å². The normalized spacial score (nSPS) is 10.1. The van der Waals surface area contributed by atoms with Gasteiger partial charge < -0.3 is 9.47 Å². The van der Waals surface area contributed by atoms with E-state index >= 15 is 0 Å². The highest BCUT2D eigenvalue weighted by atomic mass is 16.5. The molecule has 1 aromatic carbocycles. The van der Waals surface area contributed by atoms with Crippen LogP contribution in [0.2, 0.25) is 0 Å². The number of ether oxygens (including phenoxy) is 2. The lowest BCUT2D eigenvalue weighted by atomic mass is 10.1. The lowest BCUT2D eigenvalue weighted by Crippen LogP contribution is -2.04. The number of nitrogens with one attached hydrogen (secondary N) is 1. The lowest BCUT2D eigenvalue weighted by Gasteiger charge is -2.04. The third-order valence-corrected chi connectivity index (χ3v) is 2.46. The number of nitrogens with zero attached hydrogens (tertiary/aromatic N) is 1. The SMILES string of the molecule is CCOC(=O)c1cc(-c2ccccc2OC)[nH]n1. The summed E-state index contributed by atoms with van der Waals surface area (Å²) in [5, 5.41) is 6.74. The summed E-state index contributed by atoms with van der Waals surface area (Å²) in [7, 11) is 1.60. The standard InChI is InChI=1S/C13H14N2O3/c1-3-18-13(16)11-8-10(14-15-11)9-6-4-5-7-12(9)17-2/h4-8H,3H2,1-2H3,(H,14,15). The number of carbonyl (C=O) groups is 1. The number of H-pyrrole nitrogens is 1. The Bertz CT molecular complexity index is 549. The van der Waals surface area contributed by atoms with Crippen LogP contribution in [0.1, 0.15) is 17.4 Å². The quantitative estimate of drug-likeness (QED) is 0.840. The summed E-state index contributed by atoms with van der Waals surface area (Å²) in [6.45, 7) is 2.08. The fraction of sp³-hybridized carbons (Fsp3) is 0.231. The number of aromatic amines is 1. The van der Waals surface area contributed by atoms with E-state index in [1.165, 1.54) is 0 Å². The molecule has 0 aliphatic rings. The lowest BCUT2D eigenvalue weighted by molar-refractivity contribution is 0.0519.